The highest BCUT2D eigenvalue weighted by Crippen LogP contribution is 2.38. The number of benzene rings is 2. The Balaban J connectivity index is 1.58. The summed E-state index contributed by atoms with van der Waals surface area (Å²) in [5.74, 6) is 0.234. The van der Waals surface area contributed by atoms with E-state index in [4.69, 9.17) is 25.8 Å². The van der Waals surface area contributed by atoms with Gasteiger partial charge in [0.2, 0.25) is 12.7 Å². The maximum Gasteiger partial charge on any atom is 0.265 e. The van der Waals surface area contributed by atoms with Crippen molar-refractivity contribution in [3.05, 3.63) is 40.9 Å². The molecule has 0 unspecified atom stereocenters. The van der Waals surface area contributed by atoms with Gasteiger partial charge < -0.3 is 19.5 Å². The van der Waals surface area contributed by atoms with Crippen molar-refractivity contribution in [2.75, 3.05) is 30.2 Å². The second kappa shape index (κ2) is 7.05. The second-order valence-electron chi connectivity index (χ2n) is 6.24. The first-order valence-electron chi connectivity index (χ1n) is 8.39. The van der Waals surface area contributed by atoms with E-state index in [2.05, 4.69) is 5.32 Å². The van der Waals surface area contributed by atoms with Gasteiger partial charge in [-0.15, -0.1) is 0 Å². The first kappa shape index (κ1) is 18.1. The van der Waals surface area contributed by atoms with Crippen LogP contribution >= 0.6 is 11.6 Å². The Morgan fingerprint density at radius 2 is 1.86 bits per heavy atom. The molecule has 144 valence electrons. The van der Waals surface area contributed by atoms with Gasteiger partial charge in [0.25, 0.3) is 5.91 Å². The molecule has 0 bridgehead atoms. The molecule has 0 aliphatic carbocycles. The topological polar surface area (TPSA) is 94.2 Å². The van der Waals surface area contributed by atoms with Gasteiger partial charge in [-0.05, 0) is 31.2 Å². The lowest BCUT2D eigenvalue weighted by atomic mass is 10.1. The molecule has 1 N–H and O–H groups in total. The molecule has 0 aromatic heterocycles. The minimum atomic E-state index is -0.484. The molecule has 0 fully saturated rings. The van der Waals surface area contributed by atoms with Crippen LogP contribution in [0.5, 0.6) is 17.2 Å². The number of halogens is 1. The Bertz CT molecular complexity index is 1010. The molecule has 2 aliphatic rings. The summed E-state index contributed by atoms with van der Waals surface area (Å²) in [4.78, 5) is 38.1. The summed E-state index contributed by atoms with van der Waals surface area (Å²) < 4.78 is 15.9. The van der Waals surface area contributed by atoms with Crippen LogP contribution in [0.15, 0.2) is 30.3 Å². The highest BCUT2D eigenvalue weighted by atomic mass is 35.5. The normalized spacial score (nSPS) is 14.4. The Morgan fingerprint density at radius 1 is 1.11 bits per heavy atom. The van der Waals surface area contributed by atoms with Crippen LogP contribution in [0, 0.1) is 0 Å². The molecule has 0 saturated carbocycles. The molecule has 0 saturated heterocycles. The molecule has 0 atom stereocenters. The second-order valence-corrected chi connectivity index (χ2v) is 6.67. The zero-order valence-corrected chi connectivity index (χ0v) is 15.5. The van der Waals surface area contributed by atoms with Crippen molar-refractivity contribution in [1.82, 2.24) is 0 Å². The fourth-order valence-electron chi connectivity index (χ4n) is 3.02. The number of carbonyl (C=O) groups is 3. The van der Waals surface area contributed by atoms with Gasteiger partial charge in [-0.25, -0.2) is 0 Å². The molecular weight excluding hydrogens is 388 g/mol. The first-order chi connectivity index (χ1) is 13.4. The van der Waals surface area contributed by atoms with Crippen molar-refractivity contribution in [2.45, 2.75) is 6.92 Å². The van der Waals surface area contributed by atoms with Gasteiger partial charge >= 0.3 is 0 Å². The lowest BCUT2D eigenvalue weighted by molar-refractivity contribution is -0.123. The summed E-state index contributed by atoms with van der Waals surface area (Å²) in [5, 5.41) is 3.09. The van der Waals surface area contributed by atoms with Crippen LogP contribution in [0.2, 0.25) is 5.02 Å². The van der Waals surface area contributed by atoms with Crippen LogP contribution in [0.4, 0.5) is 11.4 Å². The van der Waals surface area contributed by atoms with Gasteiger partial charge in [-0.3, -0.25) is 19.3 Å². The zero-order chi connectivity index (χ0) is 19.8. The molecule has 2 aromatic rings. The summed E-state index contributed by atoms with van der Waals surface area (Å²) in [6.45, 7) is 0.993. The van der Waals surface area contributed by atoms with Gasteiger partial charge in [0, 0.05) is 16.7 Å². The van der Waals surface area contributed by atoms with Crippen LogP contribution < -0.4 is 24.4 Å². The van der Waals surface area contributed by atoms with E-state index in [1.807, 2.05) is 0 Å². The molecule has 2 aromatic carbocycles. The number of nitrogens with zero attached hydrogens (tertiary/aromatic N) is 1. The highest BCUT2D eigenvalue weighted by Gasteiger charge is 2.28. The van der Waals surface area contributed by atoms with Crippen molar-refractivity contribution < 1.29 is 28.6 Å². The van der Waals surface area contributed by atoms with Crippen molar-refractivity contribution in [3.8, 4) is 17.2 Å². The van der Waals surface area contributed by atoms with Gasteiger partial charge in [0.15, 0.2) is 23.9 Å². The standard InChI is InChI=1S/C19H15ClN2O6/c1-10(23)12-5-16-17(28-9-27-16)6-13(12)21-18(24)7-22-14-4-11(20)2-3-15(14)26-8-19(22)25/h2-6H,7-9H2,1H3,(H,21,24). The fraction of sp³-hybridized carbons (Fsp3) is 0.211. The number of ketones is 1. The maximum atomic E-state index is 12.6. The van der Waals surface area contributed by atoms with E-state index >= 15 is 0 Å². The third-order valence-electron chi connectivity index (χ3n) is 4.33. The van der Waals surface area contributed by atoms with Crippen LogP contribution in [0.3, 0.4) is 0 Å². The fourth-order valence-corrected chi connectivity index (χ4v) is 3.18. The van der Waals surface area contributed by atoms with E-state index in [0.717, 1.165) is 0 Å². The van der Waals surface area contributed by atoms with Gasteiger partial charge in [-0.1, -0.05) is 11.6 Å². The number of nitrogens with one attached hydrogen (secondary N) is 1. The number of hydrogen-bond donors (Lipinski definition) is 1. The molecule has 9 heteroatoms. The summed E-state index contributed by atoms with van der Waals surface area (Å²) in [5.41, 5.74) is 0.986. The van der Waals surface area contributed by atoms with Crippen molar-refractivity contribution in [2.24, 2.45) is 0 Å². The van der Waals surface area contributed by atoms with Crippen molar-refractivity contribution >= 4 is 40.6 Å². The zero-order valence-electron chi connectivity index (χ0n) is 14.8. The number of anilines is 2. The monoisotopic (exact) mass is 402 g/mol. The number of amides is 2. The average molecular weight is 403 g/mol. The minimum Gasteiger partial charge on any atom is -0.482 e. The maximum absolute atomic E-state index is 12.6. The lowest BCUT2D eigenvalue weighted by Gasteiger charge is -2.29. The highest BCUT2D eigenvalue weighted by molar-refractivity contribution is 6.31. The number of Topliss-reactive ketones (excluding diaryl/α,β-unsaturated/α-hetero) is 1. The quantitative estimate of drug-likeness (QED) is 0.790. The third kappa shape index (κ3) is 3.34. The predicted molar refractivity (Wildman–Crippen MR) is 100 cm³/mol. The molecule has 0 spiro atoms. The Morgan fingerprint density at radius 3 is 2.61 bits per heavy atom. The Hall–Kier alpha value is -3.26. The van der Waals surface area contributed by atoms with E-state index in [1.54, 1.807) is 18.2 Å². The van der Waals surface area contributed by atoms with E-state index in [1.165, 1.54) is 24.0 Å². The van der Waals surface area contributed by atoms with E-state index in [0.29, 0.717) is 28.0 Å². The molecule has 8 nitrogen and oxygen atoms in total. The van der Waals surface area contributed by atoms with Crippen LogP contribution in [0.25, 0.3) is 0 Å². The number of hydrogen-bond acceptors (Lipinski definition) is 6. The average Bonchev–Trinajstić information content (AvgIpc) is 3.11. The lowest BCUT2D eigenvalue weighted by Crippen LogP contribution is -2.43. The van der Waals surface area contributed by atoms with Crippen molar-refractivity contribution in [1.29, 1.82) is 0 Å². The third-order valence-corrected chi connectivity index (χ3v) is 4.57. The summed E-state index contributed by atoms with van der Waals surface area (Å²) in [6.07, 6.45) is 0. The molecule has 2 heterocycles. The van der Waals surface area contributed by atoms with Gasteiger partial charge in [-0.2, -0.15) is 0 Å². The molecule has 2 amide bonds. The molecule has 2 aliphatic heterocycles. The predicted octanol–water partition coefficient (Wildman–Crippen LogP) is 2.64. The van der Waals surface area contributed by atoms with Crippen LogP contribution in [-0.2, 0) is 9.59 Å². The SMILES string of the molecule is CC(=O)c1cc2c(cc1NC(=O)CN1C(=O)COc3ccc(Cl)cc31)OCO2. The smallest absolute Gasteiger partial charge is 0.265 e. The van der Waals surface area contributed by atoms with Gasteiger partial charge in [0.1, 0.15) is 12.3 Å². The number of ether oxygens (including phenoxy) is 3. The summed E-state index contributed by atoms with van der Waals surface area (Å²) >= 11 is 6.01. The number of rotatable bonds is 4. The Labute approximate surface area is 164 Å². The van der Waals surface area contributed by atoms with Crippen LogP contribution in [0.1, 0.15) is 17.3 Å². The first-order valence-corrected chi connectivity index (χ1v) is 8.77. The van der Waals surface area contributed by atoms with E-state index in [9.17, 15) is 14.4 Å². The van der Waals surface area contributed by atoms with Crippen molar-refractivity contribution in [3.63, 3.8) is 0 Å². The number of carbonyl (C=O) groups excluding carboxylic acids is 3. The molecule has 4 rings (SSSR count). The largest absolute Gasteiger partial charge is 0.482 e. The van der Waals surface area contributed by atoms with Crippen LogP contribution in [-0.4, -0.2) is 37.5 Å². The minimum absolute atomic E-state index is 0.0455. The summed E-state index contributed by atoms with van der Waals surface area (Å²) in [7, 11) is 0. The molecule has 28 heavy (non-hydrogen) atoms. The molecule has 0 radical (unpaired) electrons. The Kier molecular flexibility index (Phi) is 4.56. The summed E-state index contributed by atoms with van der Waals surface area (Å²) in [6, 6.07) is 7.89. The van der Waals surface area contributed by atoms with E-state index in [-0.39, 0.29) is 42.9 Å². The van der Waals surface area contributed by atoms with E-state index < -0.39 is 5.91 Å². The molecular formula is C19H15ClN2O6. The number of fused-ring (bicyclic) bond motifs is 2. The van der Waals surface area contributed by atoms with Gasteiger partial charge in [0.05, 0.1) is 11.4 Å².